The van der Waals surface area contributed by atoms with Crippen molar-refractivity contribution in [3.8, 4) is 0 Å². The van der Waals surface area contributed by atoms with Crippen LogP contribution < -0.4 is 10.6 Å². The molecule has 0 aliphatic rings. The molecule has 0 saturated carbocycles. The highest BCUT2D eigenvalue weighted by molar-refractivity contribution is 6.35. The van der Waals surface area contributed by atoms with E-state index in [1.54, 1.807) is 18.5 Å². The molecule has 1 heterocycles. The summed E-state index contributed by atoms with van der Waals surface area (Å²) in [6.07, 6.45) is 5.16. The van der Waals surface area contributed by atoms with E-state index >= 15 is 0 Å². The van der Waals surface area contributed by atoms with Crippen LogP contribution in [0.5, 0.6) is 0 Å². The van der Waals surface area contributed by atoms with Crippen molar-refractivity contribution in [3.05, 3.63) is 30.1 Å². The average molecular weight is 235 g/mol. The van der Waals surface area contributed by atoms with Gasteiger partial charge in [0.2, 0.25) is 0 Å². The molecular formula is C12H17N3O2. The Labute approximate surface area is 101 Å². The second-order valence-corrected chi connectivity index (χ2v) is 3.65. The molecule has 0 aliphatic heterocycles. The van der Waals surface area contributed by atoms with Crippen molar-refractivity contribution in [2.24, 2.45) is 0 Å². The Kier molecular flexibility index (Phi) is 5.71. The maximum atomic E-state index is 11.4. The molecule has 2 amide bonds. The molecule has 0 bridgehead atoms. The van der Waals surface area contributed by atoms with E-state index in [0.29, 0.717) is 13.1 Å². The maximum Gasteiger partial charge on any atom is 0.309 e. The summed E-state index contributed by atoms with van der Waals surface area (Å²) >= 11 is 0. The zero-order chi connectivity index (χ0) is 12.5. The molecule has 0 aromatic carbocycles. The Morgan fingerprint density at radius 3 is 2.71 bits per heavy atom. The lowest BCUT2D eigenvalue weighted by atomic mass is 10.3. The molecule has 0 atom stereocenters. The molecule has 0 unspecified atom stereocenters. The van der Waals surface area contributed by atoms with Crippen LogP contribution in [0.25, 0.3) is 0 Å². The number of rotatable bonds is 5. The number of unbranched alkanes of at least 4 members (excludes halogenated alkanes) is 1. The van der Waals surface area contributed by atoms with Crippen molar-refractivity contribution in [3.63, 3.8) is 0 Å². The number of nitrogens with one attached hydrogen (secondary N) is 2. The van der Waals surface area contributed by atoms with E-state index in [2.05, 4.69) is 15.6 Å². The van der Waals surface area contributed by atoms with Crippen LogP contribution in [0, 0.1) is 0 Å². The number of carbonyl (C=O) groups is 2. The van der Waals surface area contributed by atoms with E-state index in [0.717, 1.165) is 18.4 Å². The largest absolute Gasteiger partial charge is 0.348 e. The van der Waals surface area contributed by atoms with E-state index in [1.807, 2.05) is 13.0 Å². The fourth-order valence-corrected chi connectivity index (χ4v) is 1.22. The normalized spacial score (nSPS) is 9.71. The SMILES string of the molecule is CCCCNC(=O)C(=O)NCc1cccnc1. The lowest BCUT2D eigenvalue weighted by Gasteiger charge is -2.05. The van der Waals surface area contributed by atoms with Gasteiger partial charge in [-0.25, -0.2) is 0 Å². The third-order valence-corrected chi connectivity index (χ3v) is 2.20. The third-order valence-electron chi connectivity index (χ3n) is 2.20. The van der Waals surface area contributed by atoms with Gasteiger partial charge in [0, 0.05) is 25.5 Å². The molecule has 0 radical (unpaired) electrons. The number of nitrogens with zero attached hydrogens (tertiary/aromatic N) is 1. The fourth-order valence-electron chi connectivity index (χ4n) is 1.22. The molecular weight excluding hydrogens is 218 g/mol. The van der Waals surface area contributed by atoms with Gasteiger partial charge in [0.1, 0.15) is 0 Å². The first-order valence-electron chi connectivity index (χ1n) is 5.69. The summed E-state index contributed by atoms with van der Waals surface area (Å²) in [5.41, 5.74) is 0.863. The highest BCUT2D eigenvalue weighted by atomic mass is 16.2. The van der Waals surface area contributed by atoms with E-state index in [-0.39, 0.29) is 0 Å². The summed E-state index contributed by atoms with van der Waals surface area (Å²) in [6.45, 7) is 2.87. The first-order valence-corrected chi connectivity index (χ1v) is 5.69. The molecule has 17 heavy (non-hydrogen) atoms. The van der Waals surface area contributed by atoms with Gasteiger partial charge < -0.3 is 10.6 Å². The zero-order valence-electron chi connectivity index (χ0n) is 9.90. The molecule has 1 rings (SSSR count). The number of carbonyl (C=O) groups excluding carboxylic acids is 2. The third kappa shape index (κ3) is 5.10. The Morgan fingerprint density at radius 1 is 1.29 bits per heavy atom. The summed E-state index contributed by atoms with van der Waals surface area (Å²) in [7, 11) is 0. The molecule has 2 N–H and O–H groups in total. The van der Waals surface area contributed by atoms with Crippen LogP contribution in [0.1, 0.15) is 25.3 Å². The fraction of sp³-hybridized carbons (Fsp3) is 0.417. The molecule has 1 aromatic rings. The van der Waals surface area contributed by atoms with Gasteiger partial charge in [-0.1, -0.05) is 19.4 Å². The number of amides is 2. The van der Waals surface area contributed by atoms with Gasteiger partial charge in [0.15, 0.2) is 0 Å². The molecule has 0 aliphatic carbocycles. The minimum atomic E-state index is -0.607. The van der Waals surface area contributed by atoms with Gasteiger partial charge in [0.05, 0.1) is 0 Å². The molecule has 0 spiro atoms. The quantitative estimate of drug-likeness (QED) is 0.580. The Morgan fingerprint density at radius 2 is 2.06 bits per heavy atom. The Bertz CT molecular complexity index is 365. The number of hydrogen-bond acceptors (Lipinski definition) is 3. The molecule has 5 nitrogen and oxygen atoms in total. The first-order chi connectivity index (χ1) is 8.24. The monoisotopic (exact) mass is 235 g/mol. The molecule has 0 saturated heterocycles. The van der Waals surface area contributed by atoms with Crippen molar-refractivity contribution in [1.29, 1.82) is 0 Å². The lowest BCUT2D eigenvalue weighted by Crippen LogP contribution is -2.39. The van der Waals surface area contributed by atoms with Crippen LogP contribution in [0.15, 0.2) is 24.5 Å². The first kappa shape index (κ1) is 13.2. The maximum absolute atomic E-state index is 11.4. The van der Waals surface area contributed by atoms with Crippen molar-refractivity contribution in [2.75, 3.05) is 6.54 Å². The number of aromatic nitrogens is 1. The van der Waals surface area contributed by atoms with Gasteiger partial charge in [-0.15, -0.1) is 0 Å². The summed E-state index contributed by atoms with van der Waals surface area (Å²) in [6, 6.07) is 3.62. The molecule has 5 heteroatoms. The van der Waals surface area contributed by atoms with Gasteiger partial charge in [-0.05, 0) is 18.1 Å². The second kappa shape index (κ2) is 7.38. The van der Waals surface area contributed by atoms with Crippen LogP contribution in [0.4, 0.5) is 0 Å². The van der Waals surface area contributed by atoms with Crippen LogP contribution in [0.2, 0.25) is 0 Å². The van der Waals surface area contributed by atoms with Crippen molar-refractivity contribution < 1.29 is 9.59 Å². The summed E-state index contributed by atoms with van der Waals surface area (Å²) in [4.78, 5) is 26.6. The zero-order valence-corrected chi connectivity index (χ0v) is 9.90. The summed E-state index contributed by atoms with van der Waals surface area (Å²) in [5, 5.41) is 5.09. The van der Waals surface area contributed by atoms with E-state index in [1.165, 1.54) is 0 Å². The van der Waals surface area contributed by atoms with Crippen LogP contribution in [0.3, 0.4) is 0 Å². The molecule has 92 valence electrons. The van der Waals surface area contributed by atoms with Crippen LogP contribution in [-0.2, 0) is 16.1 Å². The lowest BCUT2D eigenvalue weighted by molar-refractivity contribution is -0.139. The highest BCUT2D eigenvalue weighted by Gasteiger charge is 2.11. The van der Waals surface area contributed by atoms with Crippen LogP contribution >= 0.6 is 0 Å². The molecule has 0 fully saturated rings. The van der Waals surface area contributed by atoms with Crippen molar-refractivity contribution in [1.82, 2.24) is 15.6 Å². The van der Waals surface area contributed by atoms with E-state index in [4.69, 9.17) is 0 Å². The van der Waals surface area contributed by atoms with E-state index < -0.39 is 11.8 Å². The van der Waals surface area contributed by atoms with Crippen LogP contribution in [-0.4, -0.2) is 23.3 Å². The minimum absolute atomic E-state index is 0.313. The smallest absolute Gasteiger partial charge is 0.309 e. The second-order valence-electron chi connectivity index (χ2n) is 3.65. The van der Waals surface area contributed by atoms with Gasteiger partial charge >= 0.3 is 11.8 Å². The van der Waals surface area contributed by atoms with Crippen molar-refractivity contribution >= 4 is 11.8 Å². The Balaban J connectivity index is 2.27. The minimum Gasteiger partial charge on any atom is -0.348 e. The molecule has 1 aromatic heterocycles. The van der Waals surface area contributed by atoms with Crippen molar-refractivity contribution in [2.45, 2.75) is 26.3 Å². The predicted molar refractivity (Wildman–Crippen MR) is 64.0 cm³/mol. The van der Waals surface area contributed by atoms with Gasteiger partial charge in [0.25, 0.3) is 0 Å². The van der Waals surface area contributed by atoms with Gasteiger partial charge in [-0.2, -0.15) is 0 Å². The standard InChI is InChI=1S/C12H17N3O2/c1-2-3-7-14-11(16)12(17)15-9-10-5-4-6-13-8-10/h4-6,8H,2-3,7,9H2,1H3,(H,14,16)(H,15,17). The Hall–Kier alpha value is -1.91. The summed E-state index contributed by atoms with van der Waals surface area (Å²) < 4.78 is 0. The highest BCUT2D eigenvalue weighted by Crippen LogP contribution is 1.93. The number of hydrogen-bond donors (Lipinski definition) is 2. The predicted octanol–water partition coefficient (Wildman–Crippen LogP) is 0.614. The topological polar surface area (TPSA) is 71.1 Å². The summed E-state index contributed by atoms with van der Waals surface area (Å²) in [5.74, 6) is -1.19. The number of pyridine rings is 1. The average Bonchev–Trinajstić information content (AvgIpc) is 2.37. The van der Waals surface area contributed by atoms with Gasteiger partial charge in [-0.3, -0.25) is 14.6 Å². The van der Waals surface area contributed by atoms with E-state index in [9.17, 15) is 9.59 Å².